The van der Waals surface area contributed by atoms with Crippen molar-refractivity contribution < 1.29 is 4.79 Å². The predicted octanol–water partition coefficient (Wildman–Crippen LogP) is 3.27. The number of carbonyl (C=O) groups is 1. The van der Waals surface area contributed by atoms with Gasteiger partial charge in [-0.3, -0.25) is 9.59 Å². The monoisotopic (exact) mass is 425 g/mol. The van der Waals surface area contributed by atoms with E-state index in [-0.39, 0.29) is 22.8 Å². The molecule has 0 atom stereocenters. The molecule has 1 aromatic rings. The van der Waals surface area contributed by atoms with E-state index in [0.29, 0.717) is 11.4 Å². The van der Waals surface area contributed by atoms with Crippen molar-refractivity contribution >= 4 is 17.7 Å². The van der Waals surface area contributed by atoms with Crippen LogP contribution in [0.4, 0.5) is 0 Å². The molecule has 0 bridgehead atoms. The third kappa shape index (κ3) is 4.28. The van der Waals surface area contributed by atoms with Crippen LogP contribution in [-0.4, -0.2) is 36.5 Å². The summed E-state index contributed by atoms with van der Waals surface area (Å²) in [6, 6.07) is 9.42. The lowest BCUT2D eigenvalue weighted by Gasteiger charge is -2.21. The minimum atomic E-state index is -0.273. The Bertz CT molecular complexity index is 1080. The van der Waals surface area contributed by atoms with Crippen LogP contribution in [0.2, 0.25) is 0 Å². The number of hydrogen-bond acceptors (Lipinski definition) is 5. The molecule has 4 rings (SSSR count). The van der Waals surface area contributed by atoms with Gasteiger partial charge in [-0.15, -0.1) is 5.10 Å². The molecule has 0 aliphatic carbocycles. The topological polar surface area (TPSA) is 81.8 Å². The molecule has 0 aromatic heterocycles. The van der Waals surface area contributed by atoms with Crippen LogP contribution in [0.3, 0.4) is 0 Å². The lowest BCUT2D eigenvalue weighted by atomic mass is 10.1. The van der Waals surface area contributed by atoms with E-state index in [4.69, 9.17) is 4.98 Å². The lowest BCUT2D eigenvalue weighted by Crippen LogP contribution is -2.41. The first kappa shape index (κ1) is 20.7. The zero-order valence-electron chi connectivity index (χ0n) is 17.6. The summed E-state index contributed by atoms with van der Waals surface area (Å²) >= 11 is 1.41. The van der Waals surface area contributed by atoms with Crippen LogP contribution < -0.4 is 10.9 Å². The Morgan fingerprint density at radius 1 is 1.17 bits per heavy atom. The van der Waals surface area contributed by atoms with Gasteiger partial charge in [0.05, 0.1) is 11.4 Å². The highest BCUT2D eigenvalue weighted by Gasteiger charge is 2.27. The first-order valence-corrected chi connectivity index (χ1v) is 11.3. The highest BCUT2D eigenvalue weighted by molar-refractivity contribution is 7.99. The maximum Gasteiger partial charge on any atom is 0.284 e. The number of nitrogens with zero attached hydrogens (tertiary/aromatic N) is 4. The maximum absolute atomic E-state index is 13.2. The van der Waals surface area contributed by atoms with Gasteiger partial charge < -0.3 is 9.88 Å². The minimum Gasteiger partial charge on any atom is -0.351 e. The number of para-hydroxylation sites is 1. The number of hydrogen-bond donors (Lipinski definition) is 1. The van der Waals surface area contributed by atoms with Crippen molar-refractivity contribution in [1.82, 2.24) is 24.6 Å². The molecule has 3 heterocycles. The van der Waals surface area contributed by atoms with Crippen molar-refractivity contribution in [3.63, 3.8) is 0 Å². The van der Waals surface area contributed by atoms with Crippen LogP contribution in [-0.2, 0) is 17.8 Å². The lowest BCUT2D eigenvalue weighted by molar-refractivity contribution is -0.119. The average molecular weight is 426 g/mol. The molecule has 1 N–H and O–H groups in total. The zero-order chi connectivity index (χ0) is 21.3. The van der Waals surface area contributed by atoms with Gasteiger partial charge in [-0.2, -0.15) is 4.68 Å². The Balaban J connectivity index is 1.76. The van der Waals surface area contributed by atoms with Gasteiger partial charge in [0.2, 0.25) is 5.91 Å². The van der Waals surface area contributed by atoms with Crippen molar-refractivity contribution in [3.05, 3.63) is 46.4 Å². The molecule has 3 aliphatic rings. The van der Waals surface area contributed by atoms with E-state index >= 15 is 0 Å². The van der Waals surface area contributed by atoms with Crippen LogP contribution in [0, 0.1) is 0 Å². The molecule has 0 saturated carbocycles. The third-order valence-corrected chi connectivity index (χ3v) is 5.99. The van der Waals surface area contributed by atoms with Crippen molar-refractivity contribution in [3.8, 4) is 17.1 Å². The molecule has 30 heavy (non-hydrogen) atoms. The average Bonchev–Trinajstić information content (AvgIpc) is 2.87. The van der Waals surface area contributed by atoms with E-state index in [1.807, 2.05) is 51.1 Å². The fourth-order valence-corrected chi connectivity index (χ4v) is 4.63. The first-order valence-electron chi connectivity index (χ1n) is 10.4. The Hall–Kier alpha value is -2.61. The zero-order valence-corrected chi connectivity index (χ0v) is 18.5. The van der Waals surface area contributed by atoms with E-state index in [2.05, 4.69) is 15.0 Å². The normalized spacial score (nSPS) is 14.4. The van der Waals surface area contributed by atoms with E-state index in [0.717, 1.165) is 48.8 Å². The molecule has 0 radical (unpaired) electrons. The SMILES string of the molecule is CC(C)(C)NC(=O)CSc1nc2nn(-c3ccccc3)c(=O)c-2c2n1CCCCC2. The molecule has 3 aliphatic heterocycles. The minimum absolute atomic E-state index is 0.0308. The molecule has 0 fully saturated rings. The number of amides is 1. The predicted molar refractivity (Wildman–Crippen MR) is 118 cm³/mol. The molecule has 0 spiro atoms. The highest BCUT2D eigenvalue weighted by Crippen LogP contribution is 2.30. The van der Waals surface area contributed by atoms with E-state index in [9.17, 15) is 9.59 Å². The summed E-state index contributed by atoms with van der Waals surface area (Å²) in [5, 5.41) is 8.27. The van der Waals surface area contributed by atoms with Gasteiger partial charge in [-0.05, 0) is 52.2 Å². The Labute approximate surface area is 180 Å². The second-order valence-corrected chi connectivity index (χ2v) is 9.58. The largest absolute Gasteiger partial charge is 0.351 e. The molecule has 1 aromatic carbocycles. The van der Waals surface area contributed by atoms with Crippen molar-refractivity contribution in [2.75, 3.05) is 5.75 Å². The summed E-state index contributed by atoms with van der Waals surface area (Å²) in [5.74, 6) is 0.700. The molecule has 158 valence electrons. The second-order valence-electron chi connectivity index (χ2n) is 8.64. The van der Waals surface area contributed by atoms with Gasteiger partial charge in [0.15, 0.2) is 11.0 Å². The van der Waals surface area contributed by atoms with Gasteiger partial charge in [0, 0.05) is 17.8 Å². The number of benzene rings is 1. The number of thioether (sulfide) groups is 1. The molecular formula is C22H27N5O2S. The van der Waals surface area contributed by atoms with Crippen LogP contribution in [0.15, 0.2) is 40.3 Å². The summed E-state index contributed by atoms with van der Waals surface area (Å²) in [6.45, 7) is 6.70. The smallest absolute Gasteiger partial charge is 0.284 e. The standard InChI is InChI=1S/C22H27N5O2S/c1-22(2,3)24-17(28)14-30-21-23-19-18(16-12-8-5-9-13-26(16)21)20(29)27(25-19)15-10-6-4-7-11-15/h4,6-7,10-11H,5,8-9,12-14H2,1-3H3,(H,24,28). The first-order chi connectivity index (χ1) is 14.3. The van der Waals surface area contributed by atoms with E-state index in [1.165, 1.54) is 16.4 Å². The number of rotatable bonds is 4. The van der Waals surface area contributed by atoms with Gasteiger partial charge in [-0.25, -0.2) is 4.98 Å². The van der Waals surface area contributed by atoms with Crippen molar-refractivity contribution in [2.24, 2.45) is 0 Å². The van der Waals surface area contributed by atoms with E-state index in [1.54, 1.807) is 0 Å². The highest BCUT2D eigenvalue weighted by atomic mass is 32.2. The van der Waals surface area contributed by atoms with Crippen LogP contribution >= 0.6 is 11.8 Å². The van der Waals surface area contributed by atoms with Crippen LogP contribution in [0.1, 0.15) is 45.7 Å². The Morgan fingerprint density at radius 3 is 2.67 bits per heavy atom. The fourth-order valence-electron chi connectivity index (χ4n) is 3.79. The number of carbonyl (C=O) groups excluding carboxylic acids is 1. The maximum atomic E-state index is 13.2. The van der Waals surface area contributed by atoms with Gasteiger partial charge in [0.1, 0.15) is 5.56 Å². The summed E-state index contributed by atoms with van der Waals surface area (Å²) < 4.78 is 3.56. The van der Waals surface area contributed by atoms with Gasteiger partial charge >= 0.3 is 0 Å². The van der Waals surface area contributed by atoms with Crippen LogP contribution in [0.25, 0.3) is 17.1 Å². The number of fused-ring (bicyclic) bond motifs is 3. The van der Waals surface area contributed by atoms with Crippen LogP contribution in [0.5, 0.6) is 0 Å². The number of aromatic nitrogens is 4. The fraction of sp³-hybridized carbons (Fsp3) is 0.455. The Kier molecular flexibility index (Phi) is 5.69. The third-order valence-electron chi connectivity index (χ3n) is 5.01. The molecular weight excluding hydrogens is 398 g/mol. The summed E-state index contributed by atoms with van der Waals surface area (Å²) in [6.07, 6.45) is 3.99. The molecule has 7 nitrogen and oxygen atoms in total. The van der Waals surface area contributed by atoms with Gasteiger partial charge in [0.25, 0.3) is 5.56 Å². The van der Waals surface area contributed by atoms with Gasteiger partial charge in [-0.1, -0.05) is 36.4 Å². The second kappa shape index (κ2) is 8.26. The molecule has 1 amide bonds. The quantitative estimate of drug-likeness (QED) is 0.512. The van der Waals surface area contributed by atoms with Crippen molar-refractivity contribution in [2.45, 2.75) is 63.7 Å². The Morgan fingerprint density at radius 2 is 1.93 bits per heavy atom. The summed E-state index contributed by atoms with van der Waals surface area (Å²) in [7, 11) is 0. The van der Waals surface area contributed by atoms with E-state index < -0.39 is 0 Å². The molecule has 0 unspecified atom stereocenters. The summed E-state index contributed by atoms with van der Waals surface area (Å²) in [4.78, 5) is 30.3. The summed E-state index contributed by atoms with van der Waals surface area (Å²) in [5.41, 5.74) is 1.92. The molecule has 8 heteroatoms. The molecule has 0 saturated heterocycles. The van der Waals surface area contributed by atoms with Crippen molar-refractivity contribution in [1.29, 1.82) is 0 Å². The number of nitrogens with one attached hydrogen (secondary N) is 1.